The highest BCUT2D eigenvalue weighted by Gasteiger charge is 2.19. The Labute approximate surface area is 106 Å². The van der Waals surface area contributed by atoms with Crippen LogP contribution in [0.1, 0.15) is 45.4 Å². The zero-order valence-corrected chi connectivity index (χ0v) is 11.3. The number of hydrogen-bond acceptors (Lipinski definition) is 3. The fraction of sp³-hybridized carbons (Fsp3) is 1.00. The highest BCUT2D eigenvalue weighted by molar-refractivity contribution is 4.80. The summed E-state index contributed by atoms with van der Waals surface area (Å²) in [5.41, 5.74) is 0. The molecule has 1 N–H and O–H groups in total. The van der Waals surface area contributed by atoms with E-state index in [0.717, 1.165) is 19.2 Å². The van der Waals surface area contributed by atoms with Gasteiger partial charge in [-0.2, -0.15) is 0 Å². The van der Waals surface area contributed by atoms with E-state index < -0.39 is 0 Å². The first-order valence-corrected chi connectivity index (χ1v) is 7.42. The van der Waals surface area contributed by atoms with E-state index in [4.69, 9.17) is 4.74 Å². The van der Waals surface area contributed by atoms with Crippen molar-refractivity contribution in [3.8, 4) is 0 Å². The third kappa shape index (κ3) is 5.84. The van der Waals surface area contributed by atoms with Crippen molar-refractivity contribution in [2.45, 2.75) is 57.6 Å². The topological polar surface area (TPSA) is 24.5 Å². The predicted octanol–water partition coefficient (Wildman–Crippen LogP) is 2.02. The first kappa shape index (κ1) is 13.3. The Balaban J connectivity index is 1.45. The third-order valence-electron chi connectivity index (χ3n) is 3.70. The van der Waals surface area contributed by atoms with Gasteiger partial charge in [-0.15, -0.1) is 0 Å². The van der Waals surface area contributed by atoms with Crippen LogP contribution in [0.5, 0.6) is 0 Å². The molecule has 1 aliphatic carbocycles. The predicted molar refractivity (Wildman–Crippen MR) is 71.3 cm³/mol. The van der Waals surface area contributed by atoms with Gasteiger partial charge in [0.1, 0.15) is 0 Å². The molecular weight excluding hydrogens is 212 g/mol. The van der Waals surface area contributed by atoms with E-state index in [-0.39, 0.29) is 0 Å². The maximum Gasteiger partial charge on any atom is 0.0673 e. The summed E-state index contributed by atoms with van der Waals surface area (Å²) in [4.78, 5) is 2.58. The van der Waals surface area contributed by atoms with Gasteiger partial charge in [-0.1, -0.05) is 6.42 Å². The molecule has 1 unspecified atom stereocenters. The van der Waals surface area contributed by atoms with Gasteiger partial charge in [0.05, 0.1) is 6.10 Å². The summed E-state index contributed by atoms with van der Waals surface area (Å²) in [7, 11) is 0. The normalized spacial score (nSPS) is 27.0. The first-order valence-electron chi connectivity index (χ1n) is 7.42. The third-order valence-corrected chi connectivity index (χ3v) is 3.70. The lowest BCUT2D eigenvalue weighted by molar-refractivity contribution is 0.0675. The summed E-state index contributed by atoms with van der Waals surface area (Å²) in [6.45, 7) is 7.98. The average Bonchev–Trinajstić information content (AvgIpc) is 3.12. The SMILES string of the molecule is CC1CN(CCCCCNC2CC2)CCCO1. The van der Waals surface area contributed by atoms with Gasteiger partial charge < -0.3 is 15.0 Å². The molecule has 100 valence electrons. The van der Waals surface area contributed by atoms with Gasteiger partial charge in [0.25, 0.3) is 0 Å². The second kappa shape index (κ2) is 7.34. The van der Waals surface area contributed by atoms with Gasteiger partial charge in [0, 0.05) is 25.7 Å². The van der Waals surface area contributed by atoms with Crippen molar-refractivity contribution in [1.82, 2.24) is 10.2 Å². The number of nitrogens with zero attached hydrogens (tertiary/aromatic N) is 1. The van der Waals surface area contributed by atoms with E-state index >= 15 is 0 Å². The minimum atomic E-state index is 0.425. The number of nitrogens with one attached hydrogen (secondary N) is 1. The molecule has 1 saturated heterocycles. The van der Waals surface area contributed by atoms with Gasteiger partial charge in [-0.05, 0) is 52.1 Å². The second-order valence-electron chi connectivity index (χ2n) is 5.62. The molecule has 3 nitrogen and oxygen atoms in total. The first-order chi connectivity index (χ1) is 8.34. The molecule has 0 spiro atoms. The van der Waals surface area contributed by atoms with Gasteiger partial charge >= 0.3 is 0 Å². The molecule has 0 aromatic heterocycles. The highest BCUT2D eigenvalue weighted by Crippen LogP contribution is 2.18. The van der Waals surface area contributed by atoms with Crippen LogP contribution in [0.25, 0.3) is 0 Å². The molecule has 0 radical (unpaired) electrons. The molecule has 17 heavy (non-hydrogen) atoms. The van der Waals surface area contributed by atoms with Gasteiger partial charge in [-0.3, -0.25) is 0 Å². The largest absolute Gasteiger partial charge is 0.377 e. The van der Waals surface area contributed by atoms with Crippen molar-refractivity contribution in [2.75, 3.05) is 32.8 Å². The summed E-state index contributed by atoms with van der Waals surface area (Å²) in [6, 6.07) is 0.874. The Morgan fingerprint density at radius 2 is 2.12 bits per heavy atom. The standard InChI is InChI=1S/C14H28N2O/c1-13-12-16(10-5-11-17-13)9-4-2-3-8-15-14-6-7-14/h13-15H,2-12H2,1H3. The van der Waals surface area contributed by atoms with Crippen LogP contribution in [0.15, 0.2) is 0 Å². The van der Waals surface area contributed by atoms with Crippen molar-refractivity contribution in [3.05, 3.63) is 0 Å². The maximum atomic E-state index is 5.66. The molecule has 1 heterocycles. The highest BCUT2D eigenvalue weighted by atomic mass is 16.5. The molecule has 3 heteroatoms. The van der Waals surface area contributed by atoms with Crippen LogP contribution in [0.2, 0.25) is 0 Å². The summed E-state index contributed by atoms with van der Waals surface area (Å²) in [6.07, 6.45) is 8.50. The van der Waals surface area contributed by atoms with Crippen LogP contribution in [0.3, 0.4) is 0 Å². The zero-order valence-electron chi connectivity index (χ0n) is 11.3. The second-order valence-corrected chi connectivity index (χ2v) is 5.62. The van der Waals surface area contributed by atoms with Crippen LogP contribution in [0, 0.1) is 0 Å². The smallest absolute Gasteiger partial charge is 0.0673 e. The molecule has 0 aromatic carbocycles. The quantitative estimate of drug-likeness (QED) is 0.689. The van der Waals surface area contributed by atoms with Gasteiger partial charge in [-0.25, -0.2) is 0 Å². The maximum absolute atomic E-state index is 5.66. The summed E-state index contributed by atoms with van der Waals surface area (Å²) in [5.74, 6) is 0. The van der Waals surface area contributed by atoms with Crippen LogP contribution >= 0.6 is 0 Å². The van der Waals surface area contributed by atoms with E-state index in [1.165, 1.54) is 58.2 Å². The van der Waals surface area contributed by atoms with Crippen molar-refractivity contribution in [1.29, 1.82) is 0 Å². The van der Waals surface area contributed by atoms with Crippen molar-refractivity contribution in [3.63, 3.8) is 0 Å². The lowest BCUT2D eigenvalue weighted by atomic mass is 10.2. The number of hydrogen-bond donors (Lipinski definition) is 1. The van der Waals surface area contributed by atoms with E-state index in [9.17, 15) is 0 Å². The minimum Gasteiger partial charge on any atom is -0.377 e. The van der Waals surface area contributed by atoms with Crippen molar-refractivity contribution in [2.24, 2.45) is 0 Å². The fourth-order valence-corrected chi connectivity index (χ4v) is 2.51. The molecule has 1 atom stereocenters. The minimum absolute atomic E-state index is 0.425. The average molecular weight is 240 g/mol. The molecule has 2 rings (SSSR count). The van der Waals surface area contributed by atoms with E-state index in [1.54, 1.807) is 0 Å². The lowest BCUT2D eigenvalue weighted by Gasteiger charge is -2.21. The molecule has 0 bridgehead atoms. The Morgan fingerprint density at radius 3 is 2.94 bits per heavy atom. The van der Waals surface area contributed by atoms with Crippen LogP contribution in [0.4, 0.5) is 0 Å². The molecule has 0 amide bonds. The van der Waals surface area contributed by atoms with E-state index in [1.807, 2.05) is 0 Å². The van der Waals surface area contributed by atoms with E-state index in [2.05, 4.69) is 17.1 Å². The Kier molecular flexibility index (Phi) is 5.75. The monoisotopic (exact) mass is 240 g/mol. The molecular formula is C14H28N2O. The van der Waals surface area contributed by atoms with Crippen molar-refractivity contribution < 1.29 is 4.74 Å². The molecule has 1 aliphatic heterocycles. The molecule has 0 aromatic rings. The Hall–Kier alpha value is -0.120. The van der Waals surface area contributed by atoms with Gasteiger partial charge in [0.15, 0.2) is 0 Å². The van der Waals surface area contributed by atoms with E-state index in [0.29, 0.717) is 6.10 Å². The fourth-order valence-electron chi connectivity index (χ4n) is 2.51. The number of rotatable bonds is 7. The Bertz CT molecular complexity index is 206. The number of unbranched alkanes of at least 4 members (excludes halogenated alkanes) is 2. The molecule has 2 aliphatic rings. The zero-order chi connectivity index (χ0) is 11.9. The summed E-state index contributed by atoms with van der Waals surface area (Å²) < 4.78 is 5.66. The van der Waals surface area contributed by atoms with Crippen molar-refractivity contribution >= 4 is 0 Å². The van der Waals surface area contributed by atoms with Crippen LogP contribution in [-0.4, -0.2) is 49.8 Å². The van der Waals surface area contributed by atoms with Gasteiger partial charge in [0.2, 0.25) is 0 Å². The Morgan fingerprint density at radius 1 is 1.24 bits per heavy atom. The summed E-state index contributed by atoms with van der Waals surface area (Å²) in [5, 5.41) is 3.58. The number of ether oxygens (including phenoxy) is 1. The van der Waals surface area contributed by atoms with Crippen LogP contribution < -0.4 is 5.32 Å². The van der Waals surface area contributed by atoms with Crippen LogP contribution in [-0.2, 0) is 4.74 Å². The molecule has 2 fully saturated rings. The summed E-state index contributed by atoms with van der Waals surface area (Å²) >= 11 is 0. The molecule has 1 saturated carbocycles. The lowest BCUT2D eigenvalue weighted by Crippen LogP contribution is -2.31.